The van der Waals surface area contributed by atoms with Crippen LogP contribution in [0.25, 0.3) is 0 Å². The van der Waals surface area contributed by atoms with Gasteiger partial charge in [-0.3, -0.25) is 4.52 Å². The maximum absolute atomic E-state index is 15.0. The predicted molar refractivity (Wildman–Crippen MR) is 98.5 cm³/mol. The Morgan fingerprint density at radius 1 is 1.33 bits per heavy atom. The molecule has 1 saturated heterocycles. The molecule has 0 amide bonds. The molecule has 1 fully saturated rings. The quantitative estimate of drug-likeness (QED) is 0.232. The molecule has 2 aliphatic heterocycles. The molecule has 2 rings (SSSR count). The molecule has 0 aromatic heterocycles. The molecule has 5 unspecified atom stereocenters. The van der Waals surface area contributed by atoms with Crippen molar-refractivity contribution in [1.82, 2.24) is 10.2 Å². The Hall–Kier alpha value is -0.600. The minimum absolute atomic E-state index is 0.00353. The van der Waals surface area contributed by atoms with Crippen LogP contribution in [-0.4, -0.2) is 54.1 Å². The molecule has 19 heteroatoms. The average Bonchev–Trinajstić information content (AvgIpc) is 2.80. The van der Waals surface area contributed by atoms with E-state index in [0.717, 1.165) is 18.0 Å². The van der Waals surface area contributed by atoms with Crippen molar-refractivity contribution in [3.8, 4) is 0 Å². The second kappa shape index (κ2) is 8.74. The zero-order valence-electron chi connectivity index (χ0n) is 15.0. The number of phosphoric acid groups is 3. The Kier molecular flexibility index (Phi) is 7.47. The summed E-state index contributed by atoms with van der Waals surface area (Å²) in [4.78, 5) is 36.2. The average molecular weight is 516 g/mol. The summed E-state index contributed by atoms with van der Waals surface area (Å²) < 4.78 is 79.2. The fraction of sp³-hybridized carbons (Fsp3) is 0.545. The summed E-state index contributed by atoms with van der Waals surface area (Å²) in [7, 11) is -16.6. The molecule has 0 spiro atoms. The third-order valence-corrected chi connectivity index (χ3v) is 7.69. The van der Waals surface area contributed by atoms with E-state index in [1.807, 2.05) is 0 Å². The minimum Gasteiger partial charge on any atom is -0.349 e. The van der Waals surface area contributed by atoms with Crippen LogP contribution in [0.1, 0.15) is 13.3 Å². The topological polar surface area (TPSA) is 184 Å². The summed E-state index contributed by atoms with van der Waals surface area (Å²) >= 11 is 4.70. The lowest BCUT2D eigenvalue weighted by Crippen LogP contribution is -2.48. The fourth-order valence-electron chi connectivity index (χ4n) is 2.58. The first kappa shape index (κ1) is 25.7. The zero-order valence-corrected chi connectivity index (χ0v) is 18.5. The summed E-state index contributed by atoms with van der Waals surface area (Å²) in [6.45, 7) is 3.82. The van der Waals surface area contributed by atoms with Crippen LogP contribution in [0.2, 0.25) is 0 Å². The molecule has 0 aromatic rings. The van der Waals surface area contributed by atoms with Crippen LogP contribution in [0, 0.1) is 0 Å². The van der Waals surface area contributed by atoms with E-state index >= 15 is 0 Å². The Morgan fingerprint density at radius 2 is 1.93 bits per heavy atom. The summed E-state index contributed by atoms with van der Waals surface area (Å²) in [6.07, 6.45) is -2.22. The minimum atomic E-state index is -5.68. The van der Waals surface area contributed by atoms with E-state index in [9.17, 15) is 27.4 Å². The second-order valence-corrected chi connectivity index (χ2v) is 11.1. The highest BCUT2D eigenvalue weighted by Gasteiger charge is 2.50. The van der Waals surface area contributed by atoms with Crippen LogP contribution >= 0.6 is 35.7 Å². The summed E-state index contributed by atoms with van der Waals surface area (Å²) in [5.74, 6) is -0.877. The number of halogens is 2. The van der Waals surface area contributed by atoms with E-state index in [0.29, 0.717) is 0 Å². The highest BCUT2D eigenvalue weighted by atomic mass is 32.1. The molecular formula is C11H17F2N2O11P3S. The molecule has 0 radical (unpaired) electrons. The molecule has 5 atom stereocenters. The maximum atomic E-state index is 15.0. The Balaban J connectivity index is 2.03. The number of nitrogens with one attached hydrogen (secondary N) is 1. The third kappa shape index (κ3) is 6.95. The van der Waals surface area contributed by atoms with Gasteiger partial charge in [0.1, 0.15) is 10.8 Å². The lowest BCUT2D eigenvalue weighted by molar-refractivity contribution is -0.0777. The van der Waals surface area contributed by atoms with Crippen molar-refractivity contribution in [3.05, 3.63) is 24.4 Å². The first-order valence-corrected chi connectivity index (χ1v) is 12.6. The van der Waals surface area contributed by atoms with Gasteiger partial charge < -0.3 is 34.5 Å². The number of thiocarbonyl (C=S) groups is 1. The third-order valence-electron chi connectivity index (χ3n) is 3.59. The van der Waals surface area contributed by atoms with Crippen molar-refractivity contribution >= 4 is 40.7 Å². The van der Waals surface area contributed by atoms with Gasteiger partial charge in [0.2, 0.25) is 0 Å². The second-order valence-electron chi connectivity index (χ2n) is 6.26. The van der Waals surface area contributed by atoms with Crippen molar-refractivity contribution in [2.45, 2.75) is 31.3 Å². The highest BCUT2D eigenvalue weighted by molar-refractivity contribution is 7.80. The normalized spacial score (nSPS) is 31.7. The lowest BCUT2D eigenvalue weighted by Gasteiger charge is -2.36. The van der Waals surface area contributed by atoms with Crippen molar-refractivity contribution < 1.29 is 59.9 Å². The lowest BCUT2D eigenvalue weighted by atomic mass is 10.0. The van der Waals surface area contributed by atoms with Crippen LogP contribution in [0.3, 0.4) is 0 Å². The summed E-state index contributed by atoms with van der Waals surface area (Å²) in [6, 6.07) is 0. The van der Waals surface area contributed by atoms with Crippen LogP contribution in [0.4, 0.5) is 8.78 Å². The maximum Gasteiger partial charge on any atom is 0.490 e. The number of phosphoric ester groups is 1. The summed E-state index contributed by atoms with van der Waals surface area (Å²) in [5.41, 5.74) is -2.13. The number of hydrogen-bond acceptors (Lipinski definition) is 9. The van der Waals surface area contributed by atoms with Crippen LogP contribution in [0.5, 0.6) is 0 Å². The van der Waals surface area contributed by atoms with Crippen molar-refractivity contribution in [1.29, 1.82) is 0 Å². The van der Waals surface area contributed by atoms with Gasteiger partial charge in [0.15, 0.2) is 17.7 Å². The number of nitrogens with zero attached hydrogens (tertiary/aromatic N) is 1. The predicted octanol–water partition coefficient (Wildman–Crippen LogP) is 1.69. The van der Waals surface area contributed by atoms with Gasteiger partial charge in [0.25, 0.3) is 0 Å². The molecule has 30 heavy (non-hydrogen) atoms. The van der Waals surface area contributed by atoms with Gasteiger partial charge in [-0.1, -0.05) is 18.8 Å². The number of ether oxygens (including phenoxy) is 1. The van der Waals surface area contributed by atoms with Gasteiger partial charge in [-0.15, -0.1) is 0 Å². The molecule has 0 aromatic carbocycles. The van der Waals surface area contributed by atoms with Gasteiger partial charge in [-0.05, 0) is 6.92 Å². The monoisotopic (exact) mass is 516 g/mol. The Labute approximate surface area is 173 Å². The van der Waals surface area contributed by atoms with Crippen LogP contribution in [-0.2, 0) is 31.6 Å². The molecule has 13 nitrogen and oxygen atoms in total. The number of alkyl halides is 1. The molecule has 2 heterocycles. The molecular weight excluding hydrogens is 499 g/mol. The van der Waals surface area contributed by atoms with Crippen molar-refractivity contribution in [3.63, 3.8) is 0 Å². The Morgan fingerprint density at radius 3 is 2.50 bits per heavy atom. The van der Waals surface area contributed by atoms with Crippen molar-refractivity contribution in [2.75, 3.05) is 6.61 Å². The molecule has 0 saturated carbocycles. The van der Waals surface area contributed by atoms with E-state index in [1.165, 1.54) is 0 Å². The molecule has 2 aliphatic rings. The molecule has 172 valence electrons. The first-order chi connectivity index (χ1) is 13.4. The molecule has 5 N–H and O–H groups in total. The van der Waals surface area contributed by atoms with Gasteiger partial charge >= 0.3 is 23.5 Å². The van der Waals surface area contributed by atoms with Gasteiger partial charge in [0, 0.05) is 12.6 Å². The number of rotatable bonds is 8. The largest absolute Gasteiger partial charge is 0.490 e. The van der Waals surface area contributed by atoms with E-state index < -0.39 is 60.3 Å². The smallest absolute Gasteiger partial charge is 0.349 e. The SMILES string of the molecule is C=C1NC(=S)C(F)=CN1C1OC(COP(=O)(O)OP(=O)(O)OP(=O)(O)O)CC1(C)F. The standard InChI is InChI=1S/C11H17F2N2O11P3S/c1-6-14-9(30)8(12)4-15(6)10-11(2,13)3-7(24-10)5-23-28(19,20)26-29(21,22)25-27(16,17)18/h4,7,10H,1,3,5H2,2H3,(H,14,30)(H,19,20)(H,21,22)(H2,16,17,18). The fourth-order valence-corrected chi connectivity index (χ4v) is 5.80. The zero-order chi connectivity index (χ0) is 23.1. The molecule has 0 aliphatic carbocycles. The highest BCUT2D eigenvalue weighted by Crippen LogP contribution is 2.66. The molecule has 0 bridgehead atoms. The van der Waals surface area contributed by atoms with Gasteiger partial charge in [-0.2, -0.15) is 8.62 Å². The first-order valence-electron chi connectivity index (χ1n) is 7.69. The van der Waals surface area contributed by atoms with Gasteiger partial charge in [0.05, 0.1) is 12.7 Å². The van der Waals surface area contributed by atoms with Gasteiger partial charge in [-0.25, -0.2) is 22.5 Å². The van der Waals surface area contributed by atoms with Crippen LogP contribution < -0.4 is 5.32 Å². The van der Waals surface area contributed by atoms with E-state index in [2.05, 4.69) is 25.0 Å². The summed E-state index contributed by atoms with van der Waals surface area (Å²) in [5, 5.41) is 2.41. The van der Waals surface area contributed by atoms with Crippen LogP contribution in [0.15, 0.2) is 24.4 Å². The number of hydrogen-bond donors (Lipinski definition) is 5. The van der Waals surface area contributed by atoms with E-state index in [4.69, 9.17) is 31.6 Å². The van der Waals surface area contributed by atoms with Crippen molar-refractivity contribution in [2.24, 2.45) is 0 Å². The van der Waals surface area contributed by atoms with E-state index in [1.54, 1.807) is 0 Å². The Bertz CT molecular complexity index is 909. The van der Waals surface area contributed by atoms with E-state index in [-0.39, 0.29) is 10.8 Å².